The molecule has 0 amide bonds. The summed E-state index contributed by atoms with van der Waals surface area (Å²) in [5.74, 6) is 1.16. The predicted molar refractivity (Wildman–Crippen MR) is 61.6 cm³/mol. The second kappa shape index (κ2) is 4.44. The highest BCUT2D eigenvalue weighted by atomic mass is 32.1. The Labute approximate surface area is 97.4 Å². The predicted octanol–water partition coefficient (Wildman–Crippen LogP) is 0.955. The zero-order chi connectivity index (χ0) is 11.7. The molecule has 2 aromatic rings. The number of ether oxygens (including phenoxy) is 1. The first kappa shape index (κ1) is 11.4. The minimum atomic E-state index is -0.197. The van der Waals surface area contributed by atoms with E-state index >= 15 is 0 Å². The average Bonchev–Trinajstić information content (AvgIpc) is 2.74. The van der Waals surface area contributed by atoms with Gasteiger partial charge in [0.1, 0.15) is 5.01 Å². The van der Waals surface area contributed by atoms with Crippen molar-refractivity contribution in [1.29, 1.82) is 0 Å². The van der Waals surface area contributed by atoms with Crippen LogP contribution < -0.4 is 5.73 Å². The van der Waals surface area contributed by atoms with Crippen molar-refractivity contribution >= 4 is 16.3 Å². The van der Waals surface area contributed by atoms with Crippen molar-refractivity contribution in [3.63, 3.8) is 0 Å². The minimum Gasteiger partial charge on any atom is -0.383 e. The third-order valence-corrected chi connectivity index (χ3v) is 3.24. The molecule has 1 unspecified atom stereocenters. The van der Waals surface area contributed by atoms with E-state index in [0.717, 1.165) is 15.8 Å². The molecular weight excluding hydrogens is 226 g/mol. The van der Waals surface area contributed by atoms with Gasteiger partial charge in [-0.05, 0) is 0 Å². The molecule has 0 saturated carbocycles. The molecule has 2 heterocycles. The van der Waals surface area contributed by atoms with Crippen LogP contribution in [0.1, 0.15) is 36.6 Å². The zero-order valence-corrected chi connectivity index (χ0v) is 10.4. The molecule has 0 aliphatic rings. The first-order valence-corrected chi connectivity index (χ1v) is 5.91. The number of aromatic nitrogens is 4. The Morgan fingerprint density at radius 1 is 1.44 bits per heavy atom. The van der Waals surface area contributed by atoms with E-state index in [1.807, 2.05) is 0 Å². The second-order valence-corrected chi connectivity index (χ2v) is 4.90. The van der Waals surface area contributed by atoms with E-state index in [2.05, 4.69) is 29.1 Å². The maximum Gasteiger partial charge on any atom is 0.234 e. The quantitative estimate of drug-likeness (QED) is 0.862. The van der Waals surface area contributed by atoms with E-state index in [-0.39, 0.29) is 6.04 Å². The van der Waals surface area contributed by atoms with Crippen molar-refractivity contribution in [2.75, 3.05) is 13.7 Å². The van der Waals surface area contributed by atoms with E-state index in [4.69, 9.17) is 10.5 Å². The maximum atomic E-state index is 5.92. The fraction of sp³-hybridized carbons (Fsp3) is 0.667. The molecule has 0 spiro atoms. The highest BCUT2D eigenvalue weighted by Gasteiger charge is 2.17. The van der Waals surface area contributed by atoms with Gasteiger partial charge >= 0.3 is 0 Å². The van der Waals surface area contributed by atoms with Gasteiger partial charge in [0, 0.05) is 13.0 Å². The van der Waals surface area contributed by atoms with Crippen molar-refractivity contribution in [2.24, 2.45) is 5.73 Å². The lowest BCUT2D eigenvalue weighted by Gasteiger charge is -2.04. The molecule has 2 N–H and O–H groups in total. The Kier molecular flexibility index (Phi) is 3.17. The summed E-state index contributed by atoms with van der Waals surface area (Å²) in [6, 6.07) is -0.197. The summed E-state index contributed by atoms with van der Waals surface area (Å²) in [4.78, 5) is 0.783. The fourth-order valence-corrected chi connectivity index (χ4v) is 2.24. The standard InChI is InChI=1S/C9H15N5OS/c1-5(2)7-11-12-9-14(7)13-8(16-9)6(10)4-15-3/h5-6H,4,10H2,1-3H3. The molecule has 0 aliphatic carbocycles. The average molecular weight is 241 g/mol. The van der Waals surface area contributed by atoms with Crippen LogP contribution in [-0.2, 0) is 4.74 Å². The fourth-order valence-electron chi connectivity index (χ4n) is 1.41. The number of hydrogen-bond donors (Lipinski definition) is 1. The van der Waals surface area contributed by atoms with Gasteiger partial charge in [0.25, 0.3) is 0 Å². The number of fused-ring (bicyclic) bond motifs is 1. The van der Waals surface area contributed by atoms with Gasteiger partial charge in [-0.2, -0.15) is 9.61 Å². The molecular formula is C9H15N5OS. The molecule has 0 aliphatic heterocycles. The third-order valence-electron chi connectivity index (χ3n) is 2.21. The van der Waals surface area contributed by atoms with Gasteiger partial charge in [-0.25, -0.2) is 0 Å². The van der Waals surface area contributed by atoms with Gasteiger partial charge in [0.05, 0.1) is 12.6 Å². The molecule has 2 rings (SSSR count). The van der Waals surface area contributed by atoms with Crippen molar-refractivity contribution in [3.05, 3.63) is 10.8 Å². The van der Waals surface area contributed by atoms with Gasteiger partial charge < -0.3 is 10.5 Å². The van der Waals surface area contributed by atoms with Crippen LogP contribution in [0.4, 0.5) is 0 Å². The van der Waals surface area contributed by atoms with Crippen LogP contribution in [0.2, 0.25) is 0 Å². The Bertz CT molecular complexity index is 477. The number of methoxy groups -OCH3 is 1. The van der Waals surface area contributed by atoms with Crippen LogP contribution in [0.15, 0.2) is 0 Å². The van der Waals surface area contributed by atoms with E-state index in [1.165, 1.54) is 11.3 Å². The summed E-state index contributed by atoms with van der Waals surface area (Å²) in [5.41, 5.74) is 5.92. The smallest absolute Gasteiger partial charge is 0.234 e. The molecule has 1 atom stereocenters. The largest absolute Gasteiger partial charge is 0.383 e. The topological polar surface area (TPSA) is 78.3 Å². The summed E-state index contributed by atoms with van der Waals surface area (Å²) in [5, 5.41) is 13.4. The number of rotatable bonds is 4. The van der Waals surface area contributed by atoms with Gasteiger partial charge in [-0.15, -0.1) is 10.2 Å². The van der Waals surface area contributed by atoms with Crippen molar-refractivity contribution < 1.29 is 4.74 Å². The van der Waals surface area contributed by atoms with Gasteiger partial charge in [-0.3, -0.25) is 0 Å². The Morgan fingerprint density at radius 3 is 2.81 bits per heavy atom. The van der Waals surface area contributed by atoms with E-state index in [1.54, 1.807) is 11.6 Å². The first-order chi connectivity index (χ1) is 7.63. The number of hydrogen-bond acceptors (Lipinski definition) is 6. The Hall–Kier alpha value is -1.05. The molecule has 0 radical (unpaired) electrons. The van der Waals surface area contributed by atoms with Gasteiger partial charge in [0.2, 0.25) is 4.96 Å². The minimum absolute atomic E-state index is 0.197. The second-order valence-electron chi connectivity index (χ2n) is 3.91. The zero-order valence-electron chi connectivity index (χ0n) is 9.54. The summed E-state index contributed by atoms with van der Waals surface area (Å²) in [6.07, 6.45) is 0. The highest BCUT2D eigenvalue weighted by molar-refractivity contribution is 7.16. The SMILES string of the molecule is COCC(N)c1nn2c(C(C)C)nnc2s1. The lowest BCUT2D eigenvalue weighted by Crippen LogP contribution is -2.16. The van der Waals surface area contributed by atoms with Gasteiger partial charge in [-0.1, -0.05) is 25.2 Å². The molecule has 0 saturated heterocycles. The summed E-state index contributed by atoms with van der Waals surface area (Å²) in [7, 11) is 1.62. The molecule has 2 aromatic heterocycles. The van der Waals surface area contributed by atoms with Crippen LogP contribution >= 0.6 is 11.3 Å². The van der Waals surface area contributed by atoms with Crippen molar-refractivity contribution in [1.82, 2.24) is 19.8 Å². The first-order valence-electron chi connectivity index (χ1n) is 5.10. The highest BCUT2D eigenvalue weighted by Crippen LogP contribution is 2.21. The Morgan fingerprint density at radius 2 is 2.19 bits per heavy atom. The molecule has 0 fully saturated rings. The van der Waals surface area contributed by atoms with Crippen LogP contribution in [-0.4, -0.2) is 33.5 Å². The van der Waals surface area contributed by atoms with Crippen LogP contribution in [0.3, 0.4) is 0 Å². The lowest BCUT2D eigenvalue weighted by molar-refractivity contribution is 0.180. The number of nitrogens with zero attached hydrogens (tertiary/aromatic N) is 4. The van der Waals surface area contributed by atoms with Crippen LogP contribution in [0.25, 0.3) is 4.96 Å². The van der Waals surface area contributed by atoms with Crippen molar-refractivity contribution in [3.8, 4) is 0 Å². The molecule has 6 nitrogen and oxygen atoms in total. The summed E-state index contributed by atoms with van der Waals surface area (Å²) >= 11 is 1.46. The van der Waals surface area contributed by atoms with Crippen LogP contribution in [0.5, 0.6) is 0 Å². The van der Waals surface area contributed by atoms with Crippen molar-refractivity contribution in [2.45, 2.75) is 25.8 Å². The summed E-state index contributed by atoms with van der Waals surface area (Å²) < 4.78 is 6.77. The van der Waals surface area contributed by atoms with E-state index < -0.39 is 0 Å². The van der Waals surface area contributed by atoms with Crippen LogP contribution in [0, 0.1) is 0 Å². The molecule has 16 heavy (non-hydrogen) atoms. The molecule has 88 valence electrons. The molecule has 0 aromatic carbocycles. The third kappa shape index (κ3) is 1.93. The summed E-state index contributed by atoms with van der Waals surface area (Å²) in [6.45, 7) is 4.58. The monoisotopic (exact) mass is 241 g/mol. The number of nitrogens with two attached hydrogens (primary N) is 1. The molecule has 0 bridgehead atoms. The van der Waals surface area contributed by atoms with E-state index in [9.17, 15) is 0 Å². The normalized spacial score (nSPS) is 13.8. The maximum absolute atomic E-state index is 5.92. The van der Waals surface area contributed by atoms with E-state index in [0.29, 0.717) is 12.5 Å². The molecule has 7 heteroatoms. The Balaban J connectivity index is 2.37. The lowest BCUT2D eigenvalue weighted by atomic mass is 10.2. The van der Waals surface area contributed by atoms with Gasteiger partial charge in [0.15, 0.2) is 5.82 Å².